The van der Waals surface area contributed by atoms with Gasteiger partial charge in [0.05, 0.1) is 13.2 Å². The Labute approximate surface area is 230 Å². The van der Waals surface area contributed by atoms with Crippen LogP contribution in [0, 0.1) is 22.7 Å². The SMILES string of the molecule is C[C@H](CCOC(=O)[C@H](C)OC(=O)CCCCC(=O)O[C@H](C)C(=O)OCC[C@@H](C)CC(C)(C)C)CC(C)(C)C. The standard InChI is InChI=1S/C30H54O8/c1-21(19-29(5,6)7)15-17-35-27(33)23(3)37-25(31)13-11-12-14-26(32)38-24(4)28(34)36-18-16-22(2)20-30(8,9)10/h21-24H,11-20H2,1-10H3/t21-,22-,23-,24+/m1/s1. The first-order valence-electron chi connectivity index (χ1n) is 14.1. The van der Waals surface area contributed by atoms with Crippen LogP contribution in [0.5, 0.6) is 0 Å². The van der Waals surface area contributed by atoms with Gasteiger partial charge in [-0.25, -0.2) is 9.59 Å². The smallest absolute Gasteiger partial charge is 0.347 e. The van der Waals surface area contributed by atoms with Crippen molar-refractivity contribution in [3.63, 3.8) is 0 Å². The first-order chi connectivity index (χ1) is 17.4. The molecule has 0 aromatic rings. The second kappa shape index (κ2) is 17.5. The lowest BCUT2D eigenvalue weighted by Gasteiger charge is -2.23. The number of hydrogen-bond donors (Lipinski definition) is 0. The van der Waals surface area contributed by atoms with Crippen LogP contribution < -0.4 is 0 Å². The van der Waals surface area contributed by atoms with E-state index in [9.17, 15) is 19.2 Å². The van der Waals surface area contributed by atoms with Crippen molar-refractivity contribution in [2.45, 2.75) is 133 Å². The van der Waals surface area contributed by atoms with E-state index in [0.717, 1.165) is 25.7 Å². The minimum Gasteiger partial charge on any atom is -0.463 e. The van der Waals surface area contributed by atoms with Gasteiger partial charge in [0.1, 0.15) is 0 Å². The number of carbonyl (C=O) groups is 4. The van der Waals surface area contributed by atoms with Crippen molar-refractivity contribution in [1.82, 2.24) is 0 Å². The van der Waals surface area contributed by atoms with Crippen molar-refractivity contribution in [1.29, 1.82) is 0 Å². The van der Waals surface area contributed by atoms with Gasteiger partial charge in [0.15, 0.2) is 12.2 Å². The summed E-state index contributed by atoms with van der Waals surface area (Å²) < 4.78 is 20.8. The van der Waals surface area contributed by atoms with Crippen LogP contribution in [0.25, 0.3) is 0 Å². The van der Waals surface area contributed by atoms with E-state index in [1.807, 2.05) is 0 Å². The maximum atomic E-state index is 12.1. The molecule has 0 aromatic carbocycles. The highest BCUT2D eigenvalue weighted by Gasteiger charge is 2.22. The number of ether oxygens (including phenoxy) is 4. The molecule has 0 aromatic heterocycles. The van der Waals surface area contributed by atoms with E-state index >= 15 is 0 Å². The summed E-state index contributed by atoms with van der Waals surface area (Å²) in [4.78, 5) is 48.2. The van der Waals surface area contributed by atoms with Crippen LogP contribution in [-0.2, 0) is 38.1 Å². The first-order valence-corrected chi connectivity index (χ1v) is 14.1. The van der Waals surface area contributed by atoms with Gasteiger partial charge in [-0.1, -0.05) is 55.4 Å². The molecule has 0 bridgehead atoms. The largest absolute Gasteiger partial charge is 0.463 e. The zero-order valence-electron chi connectivity index (χ0n) is 25.6. The van der Waals surface area contributed by atoms with Crippen molar-refractivity contribution in [2.75, 3.05) is 13.2 Å². The molecule has 38 heavy (non-hydrogen) atoms. The summed E-state index contributed by atoms with van der Waals surface area (Å²) in [6, 6.07) is 0. The summed E-state index contributed by atoms with van der Waals surface area (Å²) in [6.45, 7) is 20.9. The van der Waals surface area contributed by atoms with Crippen molar-refractivity contribution >= 4 is 23.9 Å². The van der Waals surface area contributed by atoms with E-state index in [2.05, 4.69) is 55.4 Å². The van der Waals surface area contributed by atoms with Crippen LogP contribution in [0.3, 0.4) is 0 Å². The third-order valence-corrected chi connectivity index (χ3v) is 5.92. The van der Waals surface area contributed by atoms with Crippen LogP contribution in [-0.4, -0.2) is 49.3 Å². The lowest BCUT2D eigenvalue weighted by molar-refractivity contribution is -0.167. The number of hydrogen-bond acceptors (Lipinski definition) is 8. The molecule has 0 saturated heterocycles. The third kappa shape index (κ3) is 19.9. The molecule has 0 unspecified atom stereocenters. The Kier molecular flexibility index (Phi) is 16.5. The molecule has 0 saturated carbocycles. The van der Waals surface area contributed by atoms with Crippen molar-refractivity contribution in [3.8, 4) is 0 Å². The summed E-state index contributed by atoms with van der Waals surface area (Å²) in [5, 5.41) is 0. The van der Waals surface area contributed by atoms with Gasteiger partial charge in [-0.05, 0) is 75.0 Å². The highest BCUT2D eigenvalue weighted by molar-refractivity contribution is 5.79. The molecule has 0 aliphatic rings. The minimum atomic E-state index is -0.978. The summed E-state index contributed by atoms with van der Waals surface area (Å²) in [5.74, 6) is -1.33. The fourth-order valence-electron chi connectivity index (χ4n) is 4.40. The van der Waals surface area contributed by atoms with Crippen molar-refractivity contribution in [3.05, 3.63) is 0 Å². The monoisotopic (exact) mass is 542 g/mol. The van der Waals surface area contributed by atoms with Gasteiger partial charge in [-0.15, -0.1) is 0 Å². The maximum Gasteiger partial charge on any atom is 0.347 e. The van der Waals surface area contributed by atoms with Crippen molar-refractivity contribution in [2.24, 2.45) is 22.7 Å². The van der Waals surface area contributed by atoms with Crippen LogP contribution >= 0.6 is 0 Å². The Balaban J connectivity index is 4.05. The molecular formula is C30H54O8. The number of unbranched alkanes of at least 4 members (excludes halogenated alkanes) is 1. The number of carbonyl (C=O) groups excluding carboxylic acids is 4. The summed E-state index contributed by atoms with van der Waals surface area (Å²) >= 11 is 0. The van der Waals surface area contributed by atoms with Gasteiger partial charge in [0, 0.05) is 12.8 Å². The third-order valence-electron chi connectivity index (χ3n) is 5.92. The minimum absolute atomic E-state index is 0.0673. The summed E-state index contributed by atoms with van der Waals surface area (Å²) in [6.07, 6.45) is 2.54. The van der Waals surface area contributed by atoms with Crippen LogP contribution in [0.4, 0.5) is 0 Å². The molecule has 0 spiro atoms. The van der Waals surface area contributed by atoms with E-state index < -0.39 is 36.1 Å². The average molecular weight is 543 g/mol. The van der Waals surface area contributed by atoms with E-state index in [1.54, 1.807) is 0 Å². The maximum absolute atomic E-state index is 12.1. The Hall–Kier alpha value is -2.12. The van der Waals surface area contributed by atoms with Crippen molar-refractivity contribution < 1.29 is 38.1 Å². The fraction of sp³-hybridized carbons (Fsp3) is 0.867. The second-order valence-corrected chi connectivity index (χ2v) is 13.1. The molecule has 0 radical (unpaired) electrons. The first kappa shape index (κ1) is 35.9. The van der Waals surface area contributed by atoms with Gasteiger partial charge in [0.2, 0.25) is 0 Å². The highest BCUT2D eigenvalue weighted by atomic mass is 16.6. The average Bonchev–Trinajstić information content (AvgIpc) is 2.73. The number of esters is 4. The normalized spacial score (nSPS) is 15.1. The van der Waals surface area contributed by atoms with E-state index in [1.165, 1.54) is 13.8 Å². The summed E-state index contributed by atoms with van der Waals surface area (Å²) in [7, 11) is 0. The molecule has 0 aliphatic carbocycles. The molecule has 8 nitrogen and oxygen atoms in total. The zero-order valence-corrected chi connectivity index (χ0v) is 25.6. The predicted molar refractivity (Wildman–Crippen MR) is 147 cm³/mol. The van der Waals surface area contributed by atoms with Gasteiger partial charge in [-0.3, -0.25) is 9.59 Å². The molecule has 0 N–H and O–H groups in total. The molecule has 8 heteroatoms. The van der Waals surface area contributed by atoms with Crippen LogP contribution in [0.1, 0.15) is 121 Å². The lowest BCUT2D eigenvalue weighted by Crippen LogP contribution is -2.27. The molecule has 0 heterocycles. The molecule has 4 atom stereocenters. The van der Waals surface area contributed by atoms with E-state index in [0.29, 0.717) is 37.9 Å². The molecular weight excluding hydrogens is 488 g/mol. The molecule has 222 valence electrons. The Morgan fingerprint density at radius 1 is 0.579 bits per heavy atom. The molecule has 0 aliphatic heterocycles. The Bertz CT molecular complexity index is 670. The van der Waals surface area contributed by atoms with Gasteiger partial charge in [0.25, 0.3) is 0 Å². The summed E-state index contributed by atoms with van der Waals surface area (Å²) in [5.41, 5.74) is 0.440. The Morgan fingerprint density at radius 2 is 0.895 bits per heavy atom. The predicted octanol–water partition coefficient (Wildman–Crippen LogP) is 6.42. The topological polar surface area (TPSA) is 105 Å². The quantitative estimate of drug-likeness (QED) is 0.118. The van der Waals surface area contributed by atoms with E-state index in [4.69, 9.17) is 18.9 Å². The van der Waals surface area contributed by atoms with Crippen LogP contribution in [0.15, 0.2) is 0 Å². The highest BCUT2D eigenvalue weighted by Crippen LogP contribution is 2.26. The van der Waals surface area contributed by atoms with E-state index in [-0.39, 0.29) is 23.7 Å². The van der Waals surface area contributed by atoms with Gasteiger partial charge in [-0.2, -0.15) is 0 Å². The fourth-order valence-corrected chi connectivity index (χ4v) is 4.40. The zero-order chi connectivity index (χ0) is 29.5. The lowest BCUT2D eigenvalue weighted by atomic mass is 9.84. The second-order valence-electron chi connectivity index (χ2n) is 13.1. The van der Waals surface area contributed by atoms with Gasteiger partial charge < -0.3 is 18.9 Å². The molecule has 0 rings (SSSR count). The molecule has 0 amide bonds. The number of rotatable bonds is 17. The van der Waals surface area contributed by atoms with Gasteiger partial charge >= 0.3 is 23.9 Å². The Morgan fingerprint density at radius 3 is 1.18 bits per heavy atom. The van der Waals surface area contributed by atoms with Crippen LogP contribution in [0.2, 0.25) is 0 Å². The molecule has 0 fully saturated rings.